The van der Waals surface area contributed by atoms with Gasteiger partial charge in [0.25, 0.3) is 0 Å². The third-order valence-electron chi connectivity index (χ3n) is 6.99. The van der Waals surface area contributed by atoms with Crippen molar-refractivity contribution in [3.8, 4) is 6.07 Å². The Morgan fingerprint density at radius 2 is 1.90 bits per heavy atom. The molecule has 2 heterocycles. The molecule has 1 aliphatic carbocycles. The number of aromatic nitrogens is 1. The molecule has 0 N–H and O–H groups in total. The fourth-order valence-corrected chi connectivity index (χ4v) is 5.11. The topological polar surface area (TPSA) is 80.6 Å². The fraction of sp³-hybridized carbons (Fsp3) is 0.652. The second-order valence-electron chi connectivity index (χ2n) is 8.81. The number of hydrogen-bond acceptors (Lipinski definition) is 6. The van der Waals surface area contributed by atoms with Crippen LogP contribution in [-0.4, -0.2) is 54.5 Å². The number of nitrogens with zero attached hydrogens (tertiary/aromatic N) is 3. The van der Waals surface area contributed by atoms with Crippen LogP contribution < -0.4 is 5.76 Å². The predicted octanol–water partition coefficient (Wildman–Crippen LogP) is 3.89. The molecular formula is C23H32ClN3O4. The van der Waals surface area contributed by atoms with Crippen LogP contribution in [0.25, 0.3) is 11.1 Å². The lowest BCUT2D eigenvalue weighted by atomic mass is 9.79. The molecule has 1 aromatic heterocycles. The largest absolute Gasteiger partial charge is 0.420 e. The minimum atomic E-state index is -0.321. The maximum absolute atomic E-state index is 12.5. The van der Waals surface area contributed by atoms with Gasteiger partial charge in [0.2, 0.25) is 0 Å². The van der Waals surface area contributed by atoms with Crippen LogP contribution in [0.2, 0.25) is 0 Å². The summed E-state index contributed by atoms with van der Waals surface area (Å²) in [7, 11) is 1.70. The molecule has 1 saturated heterocycles. The molecule has 0 spiro atoms. The standard InChI is InChI=1S/C23H31N3O4.ClH/c1-23(9-5-19(6-10-23)29-14-13-28-2)25-11-7-18(8-12-25)26-20-15-17(16-24)3-4-21(20)30-22(26)27;/h3-4,15,18-19H,5-14H2,1-2H3;1H. The van der Waals surface area contributed by atoms with Crippen LogP contribution in [0.1, 0.15) is 57.1 Å². The van der Waals surface area contributed by atoms with E-state index in [0.717, 1.165) is 57.1 Å². The number of likely N-dealkylation sites (tertiary alicyclic amines) is 1. The zero-order valence-corrected chi connectivity index (χ0v) is 19.2. The van der Waals surface area contributed by atoms with Crippen molar-refractivity contribution in [2.45, 2.75) is 63.1 Å². The second kappa shape index (κ2) is 10.2. The molecule has 0 atom stereocenters. The number of rotatable bonds is 6. The van der Waals surface area contributed by atoms with E-state index in [2.05, 4.69) is 17.9 Å². The summed E-state index contributed by atoms with van der Waals surface area (Å²) in [6.07, 6.45) is 6.61. The molecule has 2 aromatic rings. The van der Waals surface area contributed by atoms with Crippen molar-refractivity contribution >= 4 is 23.5 Å². The molecule has 8 heteroatoms. The van der Waals surface area contributed by atoms with E-state index in [1.165, 1.54) is 0 Å². The van der Waals surface area contributed by atoms with Crippen LogP contribution in [0, 0.1) is 11.3 Å². The zero-order valence-electron chi connectivity index (χ0n) is 18.3. The summed E-state index contributed by atoms with van der Waals surface area (Å²) < 4.78 is 18.2. The average Bonchev–Trinajstić information content (AvgIpc) is 3.10. The van der Waals surface area contributed by atoms with E-state index in [1.807, 2.05) is 0 Å². The van der Waals surface area contributed by atoms with Crippen LogP contribution in [0.5, 0.6) is 0 Å². The molecule has 31 heavy (non-hydrogen) atoms. The maximum Gasteiger partial charge on any atom is 0.420 e. The van der Waals surface area contributed by atoms with E-state index in [-0.39, 0.29) is 29.7 Å². The van der Waals surface area contributed by atoms with Gasteiger partial charge in [-0.1, -0.05) is 0 Å². The van der Waals surface area contributed by atoms with Gasteiger partial charge in [-0.3, -0.25) is 9.47 Å². The Labute approximate surface area is 189 Å². The van der Waals surface area contributed by atoms with Gasteiger partial charge in [-0.2, -0.15) is 5.26 Å². The first-order chi connectivity index (χ1) is 14.5. The van der Waals surface area contributed by atoms with E-state index in [0.29, 0.717) is 30.5 Å². The van der Waals surface area contributed by atoms with Crippen LogP contribution in [0.3, 0.4) is 0 Å². The van der Waals surface area contributed by atoms with Gasteiger partial charge in [-0.25, -0.2) is 4.79 Å². The van der Waals surface area contributed by atoms with Crippen LogP contribution in [0.15, 0.2) is 27.4 Å². The van der Waals surface area contributed by atoms with Gasteiger partial charge in [-0.15, -0.1) is 12.4 Å². The predicted molar refractivity (Wildman–Crippen MR) is 121 cm³/mol. The smallest absolute Gasteiger partial charge is 0.408 e. The minimum Gasteiger partial charge on any atom is -0.408 e. The molecule has 1 aromatic carbocycles. The summed E-state index contributed by atoms with van der Waals surface area (Å²) in [6.45, 7) is 5.63. The van der Waals surface area contributed by atoms with Gasteiger partial charge in [0, 0.05) is 31.8 Å². The molecule has 0 radical (unpaired) electrons. The highest BCUT2D eigenvalue weighted by Gasteiger charge is 2.38. The summed E-state index contributed by atoms with van der Waals surface area (Å²) in [5.41, 5.74) is 2.04. The number of halogens is 1. The number of oxazole rings is 1. The van der Waals surface area contributed by atoms with Gasteiger partial charge >= 0.3 is 5.76 Å². The van der Waals surface area contributed by atoms with Gasteiger partial charge in [0.15, 0.2) is 5.58 Å². The number of fused-ring (bicyclic) bond motifs is 1. The van der Waals surface area contributed by atoms with Gasteiger partial charge in [0.05, 0.1) is 36.5 Å². The summed E-state index contributed by atoms with van der Waals surface area (Å²) in [6, 6.07) is 7.43. The number of methoxy groups -OCH3 is 1. The highest BCUT2D eigenvalue weighted by molar-refractivity contribution is 5.85. The molecule has 2 fully saturated rings. The Balaban J connectivity index is 0.00000272. The van der Waals surface area contributed by atoms with Crippen molar-refractivity contribution in [1.82, 2.24) is 9.47 Å². The lowest BCUT2D eigenvalue weighted by Crippen LogP contribution is -2.53. The summed E-state index contributed by atoms with van der Waals surface area (Å²) in [4.78, 5) is 15.1. The van der Waals surface area contributed by atoms with Crippen molar-refractivity contribution < 1.29 is 13.9 Å². The third kappa shape index (κ3) is 4.98. The first-order valence-electron chi connectivity index (χ1n) is 10.9. The molecule has 0 bridgehead atoms. The molecule has 1 saturated carbocycles. The normalized spacial score (nSPS) is 25.3. The summed E-state index contributed by atoms with van der Waals surface area (Å²) >= 11 is 0. The number of hydrogen-bond donors (Lipinski definition) is 0. The van der Waals surface area contributed by atoms with Gasteiger partial charge < -0.3 is 13.9 Å². The Morgan fingerprint density at radius 3 is 2.55 bits per heavy atom. The van der Waals surface area contributed by atoms with Crippen LogP contribution in [-0.2, 0) is 9.47 Å². The van der Waals surface area contributed by atoms with Crippen molar-refractivity contribution in [2.24, 2.45) is 0 Å². The van der Waals surface area contributed by atoms with E-state index in [4.69, 9.17) is 13.9 Å². The lowest BCUT2D eigenvalue weighted by Gasteiger charge is -2.48. The van der Waals surface area contributed by atoms with Gasteiger partial charge in [-0.05, 0) is 63.6 Å². The first-order valence-corrected chi connectivity index (χ1v) is 10.9. The summed E-state index contributed by atoms with van der Waals surface area (Å²) in [5.74, 6) is -0.321. The van der Waals surface area contributed by atoms with E-state index in [1.54, 1.807) is 29.9 Å². The number of benzene rings is 1. The summed E-state index contributed by atoms with van der Waals surface area (Å²) in [5, 5.41) is 9.20. The minimum absolute atomic E-state index is 0. The first kappa shape index (κ1) is 23.8. The molecule has 170 valence electrons. The van der Waals surface area contributed by atoms with Crippen molar-refractivity contribution in [3.05, 3.63) is 34.3 Å². The SMILES string of the molecule is COCCOC1CCC(C)(N2CCC(n3c(=O)oc4ccc(C#N)cc43)CC2)CC1.Cl. The molecule has 0 unspecified atom stereocenters. The number of nitriles is 1. The number of piperidine rings is 1. The number of ether oxygens (including phenoxy) is 2. The van der Waals surface area contributed by atoms with E-state index in [9.17, 15) is 10.1 Å². The van der Waals surface area contributed by atoms with Crippen molar-refractivity contribution in [3.63, 3.8) is 0 Å². The Hall–Kier alpha value is -1.85. The van der Waals surface area contributed by atoms with E-state index >= 15 is 0 Å². The van der Waals surface area contributed by atoms with Crippen LogP contribution in [0.4, 0.5) is 0 Å². The average molecular weight is 450 g/mol. The molecule has 0 amide bonds. The van der Waals surface area contributed by atoms with Gasteiger partial charge in [0.1, 0.15) is 0 Å². The third-order valence-corrected chi connectivity index (χ3v) is 6.99. The zero-order chi connectivity index (χ0) is 21.1. The molecule has 4 rings (SSSR count). The second-order valence-corrected chi connectivity index (χ2v) is 8.81. The van der Waals surface area contributed by atoms with E-state index < -0.39 is 0 Å². The Bertz CT molecular complexity index is 963. The monoisotopic (exact) mass is 449 g/mol. The highest BCUT2D eigenvalue weighted by Crippen LogP contribution is 2.38. The molecular weight excluding hydrogens is 418 g/mol. The maximum atomic E-state index is 12.5. The Morgan fingerprint density at radius 1 is 1.19 bits per heavy atom. The van der Waals surface area contributed by atoms with Crippen molar-refractivity contribution in [1.29, 1.82) is 5.26 Å². The lowest BCUT2D eigenvalue weighted by molar-refractivity contribution is -0.0419. The molecule has 2 aliphatic rings. The molecule has 7 nitrogen and oxygen atoms in total. The highest BCUT2D eigenvalue weighted by atomic mass is 35.5. The Kier molecular flexibility index (Phi) is 7.82. The van der Waals surface area contributed by atoms with Crippen LogP contribution >= 0.6 is 12.4 Å². The fourth-order valence-electron chi connectivity index (χ4n) is 5.11. The molecule has 1 aliphatic heterocycles. The quantitative estimate of drug-likeness (QED) is 0.622. The van der Waals surface area contributed by atoms with Crippen molar-refractivity contribution in [2.75, 3.05) is 33.4 Å².